The minimum atomic E-state index is -3.84. The number of hydrogen-bond donors (Lipinski definition) is 2. The molecule has 7 heteroatoms. The van der Waals surface area contributed by atoms with Crippen LogP contribution >= 0.6 is 0 Å². The summed E-state index contributed by atoms with van der Waals surface area (Å²) in [5.74, 6) is 0. The maximum Gasteiger partial charge on any atom is 0.238 e. The summed E-state index contributed by atoms with van der Waals surface area (Å²) < 4.78 is 29.5. The number of ether oxygens (including phenoxy) is 1. The van der Waals surface area contributed by atoms with Crippen LogP contribution in [0.25, 0.3) is 22.3 Å². The van der Waals surface area contributed by atoms with E-state index < -0.39 is 10.0 Å². The van der Waals surface area contributed by atoms with Gasteiger partial charge in [0.1, 0.15) is 0 Å². The van der Waals surface area contributed by atoms with Crippen molar-refractivity contribution in [3.05, 3.63) is 78.4 Å². The highest BCUT2D eigenvalue weighted by Gasteiger charge is 2.23. The SMILES string of the molecule is NS(=O)(=O)c1ccc(-c2ccccc2)c(-c2cccc(C(CO)N3CCOCC3)c2)c1. The zero-order valence-corrected chi connectivity index (χ0v) is 18.0. The average Bonchev–Trinajstić information content (AvgIpc) is 2.80. The van der Waals surface area contributed by atoms with Gasteiger partial charge in [-0.25, -0.2) is 13.6 Å². The molecule has 31 heavy (non-hydrogen) atoms. The Balaban J connectivity index is 1.82. The lowest BCUT2D eigenvalue weighted by Crippen LogP contribution is -2.40. The molecule has 0 aliphatic carbocycles. The summed E-state index contributed by atoms with van der Waals surface area (Å²) in [6, 6.07) is 22.5. The molecule has 1 aliphatic rings. The third-order valence-electron chi connectivity index (χ3n) is 5.65. The van der Waals surface area contributed by atoms with Gasteiger partial charge in [-0.2, -0.15) is 0 Å². The molecule has 1 fully saturated rings. The first-order valence-corrected chi connectivity index (χ1v) is 11.8. The van der Waals surface area contributed by atoms with Crippen LogP contribution in [-0.2, 0) is 14.8 Å². The maximum absolute atomic E-state index is 12.0. The summed E-state index contributed by atoms with van der Waals surface area (Å²) in [6.45, 7) is 2.79. The van der Waals surface area contributed by atoms with Gasteiger partial charge in [0.25, 0.3) is 0 Å². The van der Waals surface area contributed by atoms with Crippen molar-refractivity contribution in [1.29, 1.82) is 0 Å². The van der Waals surface area contributed by atoms with Crippen LogP contribution in [-0.4, -0.2) is 51.3 Å². The summed E-state index contributed by atoms with van der Waals surface area (Å²) in [7, 11) is -3.84. The Hall–Kier alpha value is -2.55. The normalized spacial score (nSPS) is 16.2. The van der Waals surface area contributed by atoms with E-state index in [1.165, 1.54) is 6.07 Å². The Bertz CT molecular complexity index is 1140. The minimum absolute atomic E-state index is 0.00772. The first-order valence-electron chi connectivity index (χ1n) is 10.2. The fourth-order valence-corrected chi connectivity index (χ4v) is 4.58. The molecule has 0 amide bonds. The van der Waals surface area contributed by atoms with E-state index in [-0.39, 0.29) is 17.5 Å². The molecule has 0 saturated carbocycles. The Morgan fingerprint density at radius 3 is 2.29 bits per heavy atom. The third kappa shape index (κ3) is 4.87. The number of nitrogens with two attached hydrogens (primary N) is 1. The second-order valence-electron chi connectivity index (χ2n) is 7.59. The van der Waals surface area contributed by atoms with E-state index in [1.54, 1.807) is 12.1 Å². The summed E-state index contributed by atoms with van der Waals surface area (Å²) >= 11 is 0. The molecule has 162 valence electrons. The van der Waals surface area contributed by atoms with Gasteiger partial charge < -0.3 is 9.84 Å². The summed E-state index contributed by atoms with van der Waals surface area (Å²) in [4.78, 5) is 2.28. The molecule has 3 aromatic rings. The molecule has 6 nitrogen and oxygen atoms in total. The fraction of sp³-hybridized carbons (Fsp3) is 0.250. The molecular weight excluding hydrogens is 412 g/mol. The topological polar surface area (TPSA) is 92.9 Å². The summed E-state index contributed by atoms with van der Waals surface area (Å²) in [6.07, 6.45) is 0. The van der Waals surface area contributed by atoms with Crippen LogP contribution < -0.4 is 5.14 Å². The number of aliphatic hydroxyl groups is 1. The van der Waals surface area contributed by atoms with E-state index >= 15 is 0 Å². The number of nitrogens with zero attached hydrogens (tertiary/aromatic N) is 1. The van der Waals surface area contributed by atoms with Crippen LogP contribution in [0.3, 0.4) is 0 Å². The lowest BCUT2D eigenvalue weighted by molar-refractivity contribution is 0.00260. The Kier molecular flexibility index (Phi) is 6.50. The first-order chi connectivity index (χ1) is 15.0. The average molecular weight is 439 g/mol. The van der Waals surface area contributed by atoms with Crippen molar-refractivity contribution in [2.75, 3.05) is 32.9 Å². The van der Waals surface area contributed by atoms with Gasteiger partial charge in [0.15, 0.2) is 0 Å². The van der Waals surface area contributed by atoms with E-state index in [9.17, 15) is 13.5 Å². The van der Waals surface area contributed by atoms with E-state index in [1.807, 2.05) is 54.6 Å². The maximum atomic E-state index is 12.0. The Morgan fingerprint density at radius 1 is 0.903 bits per heavy atom. The van der Waals surface area contributed by atoms with Crippen LogP contribution in [0.4, 0.5) is 0 Å². The number of benzene rings is 3. The fourth-order valence-electron chi connectivity index (χ4n) is 4.04. The smallest absolute Gasteiger partial charge is 0.238 e. The van der Waals surface area contributed by atoms with E-state index in [2.05, 4.69) is 4.90 Å². The molecule has 0 aromatic heterocycles. The van der Waals surface area contributed by atoms with Crippen molar-refractivity contribution in [2.45, 2.75) is 10.9 Å². The molecule has 1 saturated heterocycles. The number of sulfonamides is 1. The van der Waals surface area contributed by atoms with Crippen molar-refractivity contribution in [3.63, 3.8) is 0 Å². The molecule has 4 rings (SSSR count). The highest BCUT2D eigenvalue weighted by atomic mass is 32.2. The van der Waals surface area contributed by atoms with Crippen LogP contribution in [0.2, 0.25) is 0 Å². The number of hydrogen-bond acceptors (Lipinski definition) is 5. The Morgan fingerprint density at radius 2 is 1.61 bits per heavy atom. The van der Waals surface area contributed by atoms with Gasteiger partial charge in [-0.3, -0.25) is 4.90 Å². The molecular formula is C24H26N2O4S. The van der Waals surface area contributed by atoms with Crippen LogP contribution in [0.1, 0.15) is 11.6 Å². The molecule has 3 N–H and O–H groups in total. The quantitative estimate of drug-likeness (QED) is 0.617. The van der Waals surface area contributed by atoms with Gasteiger partial charge in [-0.1, -0.05) is 54.6 Å². The minimum Gasteiger partial charge on any atom is -0.394 e. The highest BCUT2D eigenvalue weighted by molar-refractivity contribution is 7.89. The zero-order valence-electron chi connectivity index (χ0n) is 17.1. The second kappa shape index (κ2) is 9.30. The van der Waals surface area contributed by atoms with Gasteiger partial charge in [-0.15, -0.1) is 0 Å². The molecule has 1 unspecified atom stereocenters. The van der Waals surface area contributed by atoms with E-state index in [0.29, 0.717) is 13.2 Å². The summed E-state index contributed by atoms with van der Waals surface area (Å²) in [5, 5.41) is 15.5. The van der Waals surface area contributed by atoms with Crippen LogP contribution in [0, 0.1) is 0 Å². The molecule has 1 aliphatic heterocycles. The van der Waals surface area contributed by atoms with Gasteiger partial charge in [0.05, 0.1) is 30.8 Å². The molecule has 3 aromatic carbocycles. The van der Waals surface area contributed by atoms with Crippen molar-refractivity contribution in [2.24, 2.45) is 5.14 Å². The zero-order chi connectivity index (χ0) is 21.8. The van der Waals surface area contributed by atoms with Crippen molar-refractivity contribution < 1.29 is 18.3 Å². The Labute approximate surface area is 182 Å². The highest BCUT2D eigenvalue weighted by Crippen LogP contribution is 2.35. The van der Waals surface area contributed by atoms with Gasteiger partial charge in [0, 0.05) is 13.1 Å². The molecule has 1 heterocycles. The second-order valence-corrected chi connectivity index (χ2v) is 9.15. The van der Waals surface area contributed by atoms with Crippen molar-refractivity contribution in [3.8, 4) is 22.3 Å². The predicted molar refractivity (Wildman–Crippen MR) is 121 cm³/mol. The number of morpholine rings is 1. The van der Waals surface area contributed by atoms with Crippen molar-refractivity contribution in [1.82, 2.24) is 4.90 Å². The standard InChI is InChI=1S/C24H26N2O4S/c25-31(28,29)21-9-10-22(18-5-2-1-3-6-18)23(16-21)19-7-4-8-20(15-19)24(17-27)26-11-13-30-14-12-26/h1-10,15-16,24,27H,11-14,17H2,(H2,25,28,29). The number of aliphatic hydroxyl groups excluding tert-OH is 1. The van der Waals surface area contributed by atoms with Gasteiger partial charge >= 0.3 is 0 Å². The van der Waals surface area contributed by atoms with Gasteiger partial charge in [-0.05, 0) is 46.0 Å². The first kappa shape index (κ1) is 21.7. The molecule has 0 bridgehead atoms. The molecule has 0 radical (unpaired) electrons. The predicted octanol–water partition coefficient (Wildman–Crippen LogP) is 3.03. The molecule has 1 atom stereocenters. The van der Waals surface area contributed by atoms with E-state index in [0.717, 1.165) is 40.9 Å². The largest absolute Gasteiger partial charge is 0.394 e. The number of rotatable bonds is 6. The summed E-state index contributed by atoms with van der Waals surface area (Å²) in [5.41, 5.74) is 4.52. The van der Waals surface area contributed by atoms with Gasteiger partial charge in [0.2, 0.25) is 10.0 Å². The monoisotopic (exact) mass is 438 g/mol. The van der Waals surface area contributed by atoms with Crippen LogP contribution in [0.5, 0.6) is 0 Å². The number of primary sulfonamides is 1. The lowest BCUT2D eigenvalue weighted by atomic mass is 9.92. The molecule has 0 spiro atoms. The van der Waals surface area contributed by atoms with E-state index in [4.69, 9.17) is 9.88 Å². The third-order valence-corrected chi connectivity index (χ3v) is 6.56. The lowest BCUT2D eigenvalue weighted by Gasteiger charge is -2.33. The van der Waals surface area contributed by atoms with Crippen LogP contribution in [0.15, 0.2) is 77.7 Å². The van der Waals surface area contributed by atoms with Crippen molar-refractivity contribution >= 4 is 10.0 Å².